The van der Waals surface area contributed by atoms with E-state index in [0.29, 0.717) is 6.42 Å². The van der Waals surface area contributed by atoms with Crippen molar-refractivity contribution in [3.8, 4) is 0 Å². The van der Waals surface area contributed by atoms with Gasteiger partial charge in [-0.1, -0.05) is 27.7 Å². The number of carbonyl (C=O) groups is 2. The SMILES string of the molecule is CCC(C)C(=O)NC(C)(C(=O)O)C(C)C. The van der Waals surface area contributed by atoms with Crippen LogP contribution in [0.1, 0.15) is 41.0 Å². The fourth-order valence-electron chi connectivity index (χ4n) is 1.01. The molecule has 88 valence electrons. The molecule has 2 atom stereocenters. The van der Waals surface area contributed by atoms with Crippen molar-refractivity contribution in [3.05, 3.63) is 0 Å². The molecule has 0 fully saturated rings. The van der Waals surface area contributed by atoms with Crippen LogP contribution in [0.5, 0.6) is 0 Å². The Hall–Kier alpha value is -1.06. The van der Waals surface area contributed by atoms with Gasteiger partial charge in [0.2, 0.25) is 5.91 Å². The maximum Gasteiger partial charge on any atom is 0.329 e. The molecule has 0 aromatic carbocycles. The molecule has 0 aliphatic rings. The molecule has 2 unspecified atom stereocenters. The lowest BCUT2D eigenvalue weighted by Crippen LogP contribution is -2.56. The molecule has 0 spiro atoms. The van der Waals surface area contributed by atoms with Crippen LogP contribution in [0.4, 0.5) is 0 Å². The zero-order valence-electron chi connectivity index (χ0n) is 10.1. The Kier molecular flexibility index (Phi) is 4.78. The molecule has 0 aliphatic carbocycles. The van der Waals surface area contributed by atoms with Crippen LogP contribution in [-0.2, 0) is 9.59 Å². The van der Waals surface area contributed by atoms with Crippen LogP contribution in [0.3, 0.4) is 0 Å². The molecular weight excluding hydrogens is 194 g/mol. The Bertz CT molecular complexity index is 250. The minimum atomic E-state index is -1.18. The lowest BCUT2D eigenvalue weighted by atomic mass is 9.88. The van der Waals surface area contributed by atoms with Gasteiger partial charge in [0.25, 0.3) is 0 Å². The third-order valence-corrected chi connectivity index (χ3v) is 3.04. The van der Waals surface area contributed by atoms with Crippen LogP contribution < -0.4 is 5.32 Å². The highest BCUT2D eigenvalue weighted by molar-refractivity contribution is 5.87. The van der Waals surface area contributed by atoms with E-state index in [1.165, 1.54) is 0 Å². The van der Waals surface area contributed by atoms with Crippen molar-refractivity contribution in [1.82, 2.24) is 5.32 Å². The third kappa shape index (κ3) is 3.22. The summed E-state index contributed by atoms with van der Waals surface area (Å²) >= 11 is 0. The van der Waals surface area contributed by atoms with Gasteiger partial charge in [-0.25, -0.2) is 4.79 Å². The average molecular weight is 215 g/mol. The summed E-state index contributed by atoms with van der Waals surface area (Å²) < 4.78 is 0. The van der Waals surface area contributed by atoms with Crippen molar-refractivity contribution in [1.29, 1.82) is 0 Å². The molecular formula is C11H21NO3. The van der Waals surface area contributed by atoms with Crippen molar-refractivity contribution in [3.63, 3.8) is 0 Å². The highest BCUT2D eigenvalue weighted by atomic mass is 16.4. The minimum absolute atomic E-state index is 0.150. The van der Waals surface area contributed by atoms with Crippen molar-refractivity contribution in [2.75, 3.05) is 0 Å². The van der Waals surface area contributed by atoms with Gasteiger partial charge < -0.3 is 10.4 Å². The molecule has 0 aromatic heterocycles. The van der Waals surface area contributed by atoms with Gasteiger partial charge in [0.1, 0.15) is 5.54 Å². The van der Waals surface area contributed by atoms with E-state index >= 15 is 0 Å². The largest absolute Gasteiger partial charge is 0.480 e. The van der Waals surface area contributed by atoms with Crippen molar-refractivity contribution < 1.29 is 14.7 Å². The normalized spacial score (nSPS) is 16.9. The first-order valence-electron chi connectivity index (χ1n) is 5.31. The first kappa shape index (κ1) is 13.9. The van der Waals surface area contributed by atoms with E-state index in [1.54, 1.807) is 27.7 Å². The highest BCUT2D eigenvalue weighted by Crippen LogP contribution is 2.18. The Morgan fingerprint density at radius 1 is 1.33 bits per heavy atom. The predicted molar refractivity (Wildman–Crippen MR) is 58.5 cm³/mol. The van der Waals surface area contributed by atoms with Crippen molar-refractivity contribution in [2.45, 2.75) is 46.6 Å². The standard InChI is InChI=1S/C11H21NO3/c1-6-8(4)9(13)12-11(5,7(2)3)10(14)15/h7-8H,6H2,1-5H3,(H,12,13)(H,14,15). The summed E-state index contributed by atoms with van der Waals surface area (Å²) in [5.41, 5.74) is -1.18. The average Bonchev–Trinajstić information content (AvgIpc) is 2.15. The number of hydrogen-bond acceptors (Lipinski definition) is 2. The number of amides is 1. The fourth-order valence-corrected chi connectivity index (χ4v) is 1.01. The Labute approximate surface area is 91.1 Å². The summed E-state index contributed by atoms with van der Waals surface area (Å²) in [7, 11) is 0. The molecule has 0 aromatic rings. The lowest BCUT2D eigenvalue weighted by Gasteiger charge is -2.31. The van der Waals surface area contributed by atoms with E-state index in [0.717, 1.165) is 0 Å². The monoisotopic (exact) mass is 215 g/mol. The Morgan fingerprint density at radius 3 is 2.07 bits per heavy atom. The van der Waals surface area contributed by atoms with Gasteiger partial charge in [0, 0.05) is 5.92 Å². The summed E-state index contributed by atoms with van der Waals surface area (Å²) in [5.74, 6) is -1.49. The molecule has 1 amide bonds. The summed E-state index contributed by atoms with van der Waals surface area (Å²) in [6.07, 6.45) is 0.708. The van der Waals surface area contributed by atoms with E-state index in [1.807, 2.05) is 6.92 Å². The van der Waals surface area contributed by atoms with Crippen LogP contribution in [-0.4, -0.2) is 22.5 Å². The number of carboxylic acids is 1. The van der Waals surface area contributed by atoms with Gasteiger partial charge in [-0.15, -0.1) is 0 Å². The summed E-state index contributed by atoms with van der Waals surface area (Å²) in [6, 6.07) is 0. The lowest BCUT2D eigenvalue weighted by molar-refractivity contribution is -0.149. The molecule has 0 rings (SSSR count). The fraction of sp³-hybridized carbons (Fsp3) is 0.818. The maximum atomic E-state index is 11.6. The predicted octanol–water partition coefficient (Wildman–Crippen LogP) is 1.65. The van der Waals surface area contributed by atoms with Crippen LogP contribution in [0.2, 0.25) is 0 Å². The van der Waals surface area contributed by atoms with Crippen molar-refractivity contribution in [2.24, 2.45) is 11.8 Å². The van der Waals surface area contributed by atoms with Crippen LogP contribution in [0.15, 0.2) is 0 Å². The molecule has 0 saturated heterocycles. The van der Waals surface area contributed by atoms with E-state index in [4.69, 9.17) is 5.11 Å². The summed E-state index contributed by atoms with van der Waals surface area (Å²) in [4.78, 5) is 22.7. The zero-order chi connectivity index (χ0) is 12.2. The van der Waals surface area contributed by atoms with Gasteiger partial charge in [-0.2, -0.15) is 0 Å². The first-order valence-corrected chi connectivity index (χ1v) is 5.31. The van der Waals surface area contributed by atoms with E-state index in [9.17, 15) is 9.59 Å². The number of carboxylic acid groups (broad SMARTS) is 1. The zero-order valence-corrected chi connectivity index (χ0v) is 10.1. The molecule has 2 N–H and O–H groups in total. The van der Waals surface area contributed by atoms with Gasteiger partial charge >= 0.3 is 5.97 Å². The van der Waals surface area contributed by atoms with E-state index in [-0.39, 0.29) is 17.7 Å². The molecule has 0 bridgehead atoms. The molecule has 15 heavy (non-hydrogen) atoms. The molecule has 4 heteroatoms. The molecule has 4 nitrogen and oxygen atoms in total. The smallest absolute Gasteiger partial charge is 0.329 e. The summed E-state index contributed by atoms with van der Waals surface area (Å²) in [5, 5.41) is 11.7. The number of nitrogens with one attached hydrogen (secondary N) is 1. The van der Waals surface area contributed by atoms with Gasteiger partial charge in [-0.3, -0.25) is 4.79 Å². The molecule has 0 aliphatic heterocycles. The third-order valence-electron chi connectivity index (χ3n) is 3.04. The summed E-state index contributed by atoms with van der Waals surface area (Å²) in [6.45, 7) is 8.80. The maximum absolute atomic E-state index is 11.6. The number of rotatable bonds is 5. The quantitative estimate of drug-likeness (QED) is 0.732. The van der Waals surface area contributed by atoms with E-state index in [2.05, 4.69) is 5.32 Å². The second kappa shape index (κ2) is 5.14. The molecule has 0 saturated carbocycles. The molecule has 0 radical (unpaired) electrons. The van der Waals surface area contributed by atoms with Gasteiger partial charge in [0.15, 0.2) is 0 Å². The second-order valence-electron chi connectivity index (χ2n) is 4.46. The Balaban J connectivity index is 4.71. The van der Waals surface area contributed by atoms with E-state index < -0.39 is 11.5 Å². The van der Waals surface area contributed by atoms with Crippen LogP contribution in [0.25, 0.3) is 0 Å². The Morgan fingerprint density at radius 2 is 1.80 bits per heavy atom. The van der Waals surface area contributed by atoms with Gasteiger partial charge in [0.05, 0.1) is 0 Å². The number of hydrogen-bond donors (Lipinski definition) is 2. The van der Waals surface area contributed by atoms with Gasteiger partial charge in [-0.05, 0) is 19.3 Å². The minimum Gasteiger partial charge on any atom is -0.480 e. The topological polar surface area (TPSA) is 66.4 Å². The second-order valence-corrected chi connectivity index (χ2v) is 4.46. The number of aliphatic carboxylic acids is 1. The first-order chi connectivity index (χ1) is 6.75. The van der Waals surface area contributed by atoms with Crippen LogP contribution >= 0.6 is 0 Å². The van der Waals surface area contributed by atoms with Crippen LogP contribution in [0, 0.1) is 11.8 Å². The van der Waals surface area contributed by atoms with Crippen molar-refractivity contribution >= 4 is 11.9 Å². The number of carbonyl (C=O) groups excluding carboxylic acids is 1. The highest BCUT2D eigenvalue weighted by Gasteiger charge is 2.38. The molecule has 0 heterocycles.